The lowest BCUT2D eigenvalue weighted by molar-refractivity contribution is 0.384. The van der Waals surface area contributed by atoms with Crippen molar-refractivity contribution in [1.82, 2.24) is 9.97 Å². The first kappa shape index (κ1) is 11.7. The molecule has 0 spiro atoms. The average Bonchev–Trinajstić information content (AvgIpc) is 2.32. The third-order valence-corrected chi connectivity index (χ3v) is 2.40. The smallest absolute Gasteiger partial charge is 0.246 e. The number of nitrogen functional groups attached to an aromatic ring is 1. The number of nitrogens with two attached hydrogens (primary N) is 1. The van der Waals surface area contributed by atoms with E-state index in [1.165, 1.54) is 7.11 Å². The van der Waals surface area contributed by atoms with Gasteiger partial charge in [0.1, 0.15) is 5.75 Å². The van der Waals surface area contributed by atoms with Gasteiger partial charge in [-0.3, -0.25) is 4.98 Å². The number of rotatable bonds is 3. The number of ether oxygens (including phenoxy) is 2. The number of methoxy groups -OCH3 is 1. The Morgan fingerprint density at radius 2 is 2.12 bits per heavy atom. The number of hydrogen-bond donors (Lipinski definition) is 1. The largest absolute Gasteiger partial charge is 0.481 e. The summed E-state index contributed by atoms with van der Waals surface area (Å²) in [5.74, 6) is 1.29. The summed E-state index contributed by atoms with van der Waals surface area (Å²) >= 11 is 3.30. The van der Waals surface area contributed by atoms with E-state index in [1.54, 1.807) is 30.6 Å². The molecule has 2 aromatic heterocycles. The molecule has 5 nitrogen and oxygen atoms in total. The van der Waals surface area contributed by atoms with Crippen molar-refractivity contribution in [1.29, 1.82) is 0 Å². The molecule has 17 heavy (non-hydrogen) atoms. The van der Waals surface area contributed by atoms with E-state index >= 15 is 0 Å². The molecule has 2 aromatic rings. The second-order valence-electron chi connectivity index (χ2n) is 3.19. The van der Waals surface area contributed by atoms with Crippen LogP contribution in [0.5, 0.6) is 17.5 Å². The van der Waals surface area contributed by atoms with E-state index in [9.17, 15) is 0 Å². The summed E-state index contributed by atoms with van der Waals surface area (Å²) in [7, 11) is 1.53. The van der Waals surface area contributed by atoms with Crippen molar-refractivity contribution in [3.8, 4) is 17.5 Å². The highest BCUT2D eigenvalue weighted by atomic mass is 79.9. The van der Waals surface area contributed by atoms with Crippen molar-refractivity contribution < 1.29 is 9.47 Å². The van der Waals surface area contributed by atoms with Crippen LogP contribution in [0.3, 0.4) is 0 Å². The summed E-state index contributed by atoms with van der Waals surface area (Å²) in [6, 6.07) is 5.11. The fourth-order valence-electron chi connectivity index (χ4n) is 1.19. The highest BCUT2D eigenvalue weighted by Gasteiger charge is 2.06. The van der Waals surface area contributed by atoms with Crippen LogP contribution >= 0.6 is 15.9 Å². The Kier molecular flexibility index (Phi) is 3.43. The molecule has 0 unspecified atom stereocenters. The average molecular weight is 296 g/mol. The van der Waals surface area contributed by atoms with Gasteiger partial charge in [0, 0.05) is 16.7 Å². The van der Waals surface area contributed by atoms with Gasteiger partial charge in [-0.25, -0.2) is 0 Å². The number of aromatic nitrogens is 2. The molecular formula is C11H10BrN3O2. The van der Waals surface area contributed by atoms with E-state index in [0.29, 0.717) is 23.2 Å². The SMILES string of the molecule is COc1ccc(N)c(Oc2cncc(Br)c2)n1. The van der Waals surface area contributed by atoms with E-state index < -0.39 is 0 Å². The van der Waals surface area contributed by atoms with Gasteiger partial charge in [0.2, 0.25) is 11.8 Å². The molecule has 0 aliphatic carbocycles. The predicted molar refractivity (Wildman–Crippen MR) is 67.2 cm³/mol. The molecule has 0 radical (unpaired) electrons. The maximum atomic E-state index is 5.75. The number of nitrogens with zero attached hydrogens (tertiary/aromatic N) is 2. The Labute approximate surface area is 107 Å². The zero-order valence-electron chi connectivity index (χ0n) is 9.05. The number of pyridine rings is 2. The first-order chi connectivity index (χ1) is 8.19. The minimum Gasteiger partial charge on any atom is -0.481 e. The zero-order chi connectivity index (χ0) is 12.3. The molecule has 0 atom stereocenters. The lowest BCUT2D eigenvalue weighted by Gasteiger charge is -2.08. The molecule has 88 valence electrons. The molecule has 0 amide bonds. The zero-order valence-corrected chi connectivity index (χ0v) is 10.6. The van der Waals surface area contributed by atoms with Crippen molar-refractivity contribution in [2.24, 2.45) is 0 Å². The van der Waals surface area contributed by atoms with E-state index in [4.69, 9.17) is 15.2 Å². The van der Waals surface area contributed by atoms with Crippen molar-refractivity contribution >= 4 is 21.6 Å². The van der Waals surface area contributed by atoms with Gasteiger partial charge in [-0.2, -0.15) is 4.98 Å². The van der Waals surface area contributed by atoms with Crippen LogP contribution in [0.1, 0.15) is 0 Å². The van der Waals surface area contributed by atoms with Gasteiger partial charge in [-0.05, 0) is 28.1 Å². The maximum absolute atomic E-state index is 5.75. The van der Waals surface area contributed by atoms with Crippen LogP contribution in [0.15, 0.2) is 35.1 Å². The van der Waals surface area contributed by atoms with Gasteiger partial charge in [-0.15, -0.1) is 0 Å². The number of anilines is 1. The van der Waals surface area contributed by atoms with Crippen LogP contribution < -0.4 is 15.2 Å². The Bertz CT molecular complexity index is 534. The summed E-state index contributed by atoms with van der Waals surface area (Å²) in [5, 5.41) is 0. The van der Waals surface area contributed by atoms with E-state index in [2.05, 4.69) is 25.9 Å². The quantitative estimate of drug-likeness (QED) is 0.942. The molecule has 0 fully saturated rings. The molecular weight excluding hydrogens is 286 g/mol. The van der Waals surface area contributed by atoms with Gasteiger partial charge < -0.3 is 15.2 Å². The lowest BCUT2D eigenvalue weighted by Crippen LogP contribution is -1.97. The Morgan fingerprint density at radius 3 is 2.82 bits per heavy atom. The minimum absolute atomic E-state index is 0.296. The highest BCUT2D eigenvalue weighted by Crippen LogP contribution is 2.28. The second-order valence-corrected chi connectivity index (χ2v) is 4.10. The van der Waals surface area contributed by atoms with Crippen LogP contribution in [0, 0.1) is 0 Å². The Balaban J connectivity index is 2.29. The first-order valence-electron chi connectivity index (χ1n) is 4.78. The molecule has 0 aromatic carbocycles. The molecule has 2 rings (SSSR count). The van der Waals surface area contributed by atoms with Gasteiger partial charge in [-0.1, -0.05) is 0 Å². The summed E-state index contributed by atoms with van der Waals surface area (Å²) in [5.41, 5.74) is 6.19. The van der Waals surface area contributed by atoms with Gasteiger partial charge >= 0.3 is 0 Å². The second kappa shape index (κ2) is 5.01. The molecule has 2 heterocycles. The van der Waals surface area contributed by atoms with Crippen molar-refractivity contribution in [2.45, 2.75) is 0 Å². The first-order valence-corrected chi connectivity index (χ1v) is 5.57. The molecule has 0 saturated heterocycles. The van der Waals surface area contributed by atoms with Crippen LogP contribution in [0.2, 0.25) is 0 Å². The monoisotopic (exact) mass is 295 g/mol. The fraction of sp³-hybridized carbons (Fsp3) is 0.0909. The predicted octanol–water partition coefficient (Wildman–Crippen LogP) is 2.62. The highest BCUT2D eigenvalue weighted by molar-refractivity contribution is 9.10. The van der Waals surface area contributed by atoms with Crippen molar-refractivity contribution in [3.05, 3.63) is 35.1 Å². The third kappa shape index (κ3) is 2.85. The molecule has 0 aliphatic heterocycles. The lowest BCUT2D eigenvalue weighted by atomic mass is 10.4. The van der Waals surface area contributed by atoms with Crippen LogP contribution in [-0.2, 0) is 0 Å². The molecule has 6 heteroatoms. The maximum Gasteiger partial charge on any atom is 0.246 e. The van der Waals surface area contributed by atoms with Crippen LogP contribution in [-0.4, -0.2) is 17.1 Å². The summed E-state index contributed by atoms with van der Waals surface area (Å²) in [6.45, 7) is 0. The Morgan fingerprint density at radius 1 is 1.29 bits per heavy atom. The van der Waals surface area contributed by atoms with E-state index in [0.717, 1.165) is 4.47 Å². The third-order valence-electron chi connectivity index (χ3n) is 1.97. The van der Waals surface area contributed by atoms with Crippen molar-refractivity contribution in [3.63, 3.8) is 0 Å². The van der Waals surface area contributed by atoms with E-state index in [1.807, 2.05) is 0 Å². The summed E-state index contributed by atoms with van der Waals surface area (Å²) in [4.78, 5) is 8.08. The Hall–Kier alpha value is -1.82. The van der Waals surface area contributed by atoms with Gasteiger partial charge in [0.25, 0.3) is 0 Å². The minimum atomic E-state index is 0.296. The summed E-state index contributed by atoms with van der Waals surface area (Å²) in [6.07, 6.45) is 3.24. The van der Waals surface area contributed by atoms with Crippen LogP contribution in [0.4, 0.5) is 5.69 Å². The topological polar surface area (TPSA) is 70.3 Å². The van der Waals surface area contributed by atoms with Crippen molar-refractivity contribution in [2.75, 3.05) is 12.8 Å². The summed E-state index contributed by atoms with van der Waals surface area (Å²) < 4.78 is 11.3. The molecule has 2 N–H and O–H groups in total. The van der Waals surface area contributed by atoms with E-state index in [-0.39, 0.29) is 0 Å². The number of halogens is 1. The molecule has 0 aliphatic rings. The fourth-order valence-corrected chi connectivity index (χ4v) is 1.53. The van der Waals surface area contributed by atoms with Gasteiger partial charge in [0.15, 0.2) is 0 Å². The normalized spacial score (nSPS) is 10.0. The molecule has 0 bridgehead atoms. The van der Waals surface area contributed by atoms with Gasteiger partial charge in [0.05, 0.1) is 19.0 Å². The van der Waals surface area contributed by atoms with Crippen LogP contribution in [0.25, 0.3) is 0 Å². The number of hydrogen-bond acceptors (Lipinski definition) is 5. The molecule has 0 saturated carbocycles. The standard InChI is InChI=1S/C11H10BrN3O2/c1-16-10-3-2-9(13)11(15-10)17-8-4-7(12)5-14-6-8/h2-6H,13H2,1H3.